The van der Waals surface area contributed by atoms with Gasteiger partial charge in [0.05, 0.1) is 14.2 Å². The Morgan fingerprint density at radius 3 is 1.48 bits per heavy atom. The molecule has 0 aliphatic carbocycles. The lowest BCUT2D eigenvalue weighted by Crippen LogP contribution is -2.34. The van der Waals surface area contributed by atoms with Crippen molar-refractivity contribution >= 4 is 24.0 Å². The maximum atomic E-state index is 5.92. The van der Waals surface area contributed by atoms with Gasteiger partial charge in [0.25, 0.3) is 0 Å². The predicted molar refractivity (Wildman–Crippen MR) is 111 cm³/mol. The average Bonchev–Trinajstić information content (AvgIpc) is 2.68. The fourth-order valence-electron chi connectivity index (χ4n) is 2.50. The zero-order valence-electron chi connectivity index (χ0n) is 15.7. The van der Waals surface area contributed by atoms with E-state index in [9.17, 15) is 0 Å². The van der Waals surface area contributed by atoms with Gasteiger partial charge in [-0.2, -0.15) is 0 Å². The summed E-state index contributed by atoms with van der Waals surface area (Å²) in [5.41, 5.74) is 0. The molecule has 0 amide bonds. The fraction of sp³-hybridized carbons (Fsp3) is 0.400. The molecule has 7 heteroatoms. The van der Waals surface area contributed by atoms with Crippen LogP contribution in [0.3, 0.4) is 0 Å². The molecule has 0 unspecified atom stereocenters. The third-order valence-corrected chi connectivity index (χ3v) is 4.04. The maximum Gasteiger partial charge on any atom is 0.161 e. The van der Waals surface area contributed by atoms with Gasteiger partial charge in [-0.15, -0.1) is 24.0 Å². The van der Waals surface area contributed by atoms with Gasteiger partial charge in [0, 0.05) is 25.5 Å². The molecule has 0 radical (unpaired) electrons. The van der Waals surface area contributed by atoms with Crippen LogP contribution in [-0.2, 0) is 0 Å². The zero-order chi connectivity index (χ0) is 18.6. The Kier molecular flexibility index (Phi) is 11.5. The Hall–Kier alpha value is -1.82. The minimum atomic E-state index is 0. The van der Waals surface area contributed by atoms with Gasteiger partial charge < -0.3 is 18.9 Å². The normalized spacial score (nSPS) is 10.2. The second-order valence-corrected chi connectivity index (χ2v) is 5.91. The fourth-order valence-corrected chi connectivity index (χ4v) is 2.74. The molecule has 0 saturated heterocycles. The van der Waals surface area contributed by atoms with E-state index in [1.54, 1.807) is 14.2 Å². The molecule has 150 valence electrons. The Labute approximate surface area is 172 Å². The highest BCUT2D eigenvalue weighted by atomic mass is 35.5. The maximum absolute atomic E-state index is 5.92. The molecule has 0 atom stereocenters. The molecule has 5 nitrogen and oxygen atoms in total. The van der Waals surface area contributed by atoms with E-state index < -0.39 is 0 Å². The molecule has 0 N–H and O–H groups in total. The zero-order valence-corrected chi connectivity index (χ0v) is 17.3. The number of rotatable bonds is 12. The summed E-state index contributed by atoms with van der Waals surface area (Å²) in [6.45, 7) is 3.37. The predicted octanol–water partition coefficient (Wildman–Crippen LogP) is 4.12. The average molecular weight is 416 g/mol. The molecule has 0 spiro atoms. The highest BCUT2D eigenvalue weighted by molar-refractivity contribution is 6.18. The number of methoxy groups -OCH3 is 2. The summed E-state index contributed by atoms with van der Waals surface area (Å²) in [7, 11) is 3.27. The monoisotopic (exact) mass is 415 g/mol. The molecule has 0 saturated carbocycles. The SMILES string of the molecule is COc1ccccc1OCCN(CCCl)CCOc1ccccc1OC.Cl. The quantitative estimate of drug-likeness (QED) is 0.487. The summed E-state index contributed by atoms with van der Waals surface area (Å²) in [6.07, 6.45) is 0. The van der Waals surface area contributed by atoms with Crippen molar-refractivity contribution in [2.45, 2.75) is 0 Å². The third-order valence-electron chi connectivity index (χ3n) is 3.87. The summed E-state index contributed by atoms with van der Waals surface area (Å²) >= 11 is 5.92. The van der Waals surface area contributed by atoms with Gasteiger partial charge in [-0.1, -0.05) is 24.3 Å². The van der Waals surface area contributed by atoms with Crippen LogP contribution in [-0.4, -0.2) is 57.8 Å². The third kappa shape index (κ3) is 7.75. The minimum Gasteiger partial charge on any atom is -0.493 e. The topological polar surface area (TPSA) is 40.2 Å². The number of alkyl halides is 1. The van der Waals surface area contributed by atoms with Gasteiger partial charge in [0.2, 0.25) is 0 Å². The van der Waals surface area contributed by atoms with Crippen molar-refractivity contribution in [3.63, 3.8) is 0 Å². The standard InChI is InChI=1S/C20H26ClNO4.ClH/c1-23-17-7-3-5-9-19(17)25-15-13-22(12-11-21)14-16-26-20-10-6-4-8-18(20)24-2;/h3-10H,11-16H2,1-2H3;1H. The summed E-state index contributed by atoms with van der Waals surface area (Å²) in [6, 6.07) is 15.2. The number of hydrogen-bond donors (Lipinski definition) is 0. The molecule has 0 fully saturated rings. The Balaban J connectivity index is 0.00000364. The van der Waals surface area contributed by atoms with Gasteiger partial charge in [0.15, 0.2) is 23.0 Å². The van der Waals surface area contributed by atoms with Gasteiger partial charge in [-0.3, -0.25) is 4.90 Å². The van der Waals surface area contributed by atoms with E-state index in [4.69, 9.17) is 30.5 Å². The molecule has 27 heavy (non-hydrogen) atoms. The van der Waals surface area contributed by atoms with Crippen molar-refractivity contribution < 1.29 is 18.9 Å². The number of benzene rings is 2. The molecule has 2 aromatic rings. The molecule has 0 aromatic heterocycles. The van der Waals surface area contributed by atoms with E-state index in [1.807, 2.05) is 48.5 Å². The molecule has 2 aromatic carbocycles. The lowest BCUT2D eigenvalue weighted by atomic mass is 10.3. The minimum absolute atomic E-state index is 0. The first-order valence-corrected chi connectivity index (χ1v) is 9.12. The Morgan fingerprint density at radius 1 is 0.704 bits per heavy atom. The van der Waals surface area contributed by atoms with E-state index in [2.05, 4.69) is 4.90 Å². The van der Waals surface area contributed by atoms with Crippen LogP contribution in [0.1, 0.15) is 0 Å². The van der Waals surface area contributed by atoms with Crippen molar-refractivity contribution in [2.75, 3.05) is 52.9 Å². The molecule has 2 rings (SSSR count). The van der Waals surface area contributed by atoms with E-state index in [0.717, 1.165) is 42.6 Å². The number of hydrogen-bond acceptors (Lipinski definition) is 5. The summed E-state index contributed by atoms with van der Waals surface area (Å²) < 4.78 is 22.3. The molecule has 0 heterocycles. The second-order valence-electron chi connectivity index (χ2n) is 5.53. The van der Waals surface area contributed by atoms with Crippen LogP contribution in [0.25, 0.3) is 0 Å². The van der Waals surface area contributed by atoms with Crippen molar-refractivity contribution in [3.8, 4) is 23.0 Å². The smallest absolute Gasteiger partial charge is 0.161 e. The highest BCUT2D eigenvalue weighted by Crippen LogP contribution is 2.26. The molecular formula is C20H27Cl2NO4. The number of ether oxygens (including phenoxy) is 4. The van der Waals surface area contributed by atoms with Gasteiger partial charge >= 0.3 is 0 Å². The molecule has 0 aliphatic rings. The first-order valence-electron chi connectivity index (χ1n) is 8.58. The number of nitrogens with zero attached hydrogens (tertiary/aromatic N) is 1. The van der Waals surface area contributed by atoms with Crippen LogP contribution in [0.2, 0.25) is 0 Å². The molecule has 0 bridgehead atoms. The van der Waals surface area contributed by atoms with Crippen molar-refractivity contribution in [1.82, 2.24) is 4.90 Å². The number of halogens is 2. The largest absolute Gasteiger partial charge is 0.493 e. The van der Waals surface area contributed by atoms with Crippen molar-refractivity contribution in [3.05, 3.63) is 48.5 Å². The number of para-hydroxylation sites is 4. The van der Waals surface area contributed by atoms with Crippen LogP contribution in [0.5, 0.6) is 23.0 Å². The lowest BCUT2D eigenvalue weighted by Gasteiger charge is -2.22. The van der Waals surface area contributed by atoms with E-state index in [0.29, 0.717) is 19.1 Å². The van der Waals surface area contributed by atoms with Crippen LogP contribution in [0.4, 0.5) is 0 Å². The highest BCUT2D eigenvalue weighted by Gasteiger charge is 2.08. The Bertz CT molecular complexity index is 604. The molecular weight excluding hydrogens is 389 g/mol. The van der Waals surface area contributed by atoms with E-state index in [-0.39, 0.29) is 12.4 Å². The van der Waals surface area contributed by atoms with E-state index >= 15 is 0 Å². The van der Waals surface area contributed by atoms with Gasteiger partial charge in [-0.25, -0.2) is 0 Å². The van der Waals surface area contributed by atoms with Crippen LogP contribution in [0, 0.1) is 0 Å². The summed E-state index contributed by atoms with van der Waals surface area (Å²) in [4.78, 5) is 2.21. The first-order chi connectivity index (χ1) is 12.8. The first kappa shape index (κ1) is 23.2. The molecule has 0 aliphatic heterocycles. The lowest BCUT2D eigenvalue weighted by molar-refractivity contribution is 0.179. The van der Waals surface area contributed by atoms with E-state index in [1.165, 1.54) is 0 Å². The van der Waals surface area contributed by atoms with Crippen molar-refractivity contribution in [1.29, 1.82) is 0 Å². The summed E-state index contributed by atoms with van der Waals surface area (Å²) in [5.74, 6) is 3.51. The van der Waals surface area contributed by atoms with Crippen LogP contribution >= 0.6 is 24.0 Å². The van der Waals surface area contributed by atoms with Gasteiger partial charge in [-0.05, 0) is 24.3 Å². The summed E-state index contributed by atoms with van der Waals surface area (Å²) in [5, 5.41) is 0. The van der Waals surface area contributed by atoms with Crippen LogP contribution in [0.15, 0.2) is 48.5 Å². The van der Waals surface area contributed by atoms with Crippen LogP contribution < -0.4 is 18.9 Å². The Morgan fingerprint density at radius 2 is 1.11 bits per heavy atom. The second kappa shape index (κ2) is 13.4. The van der Waals surface area contributed by atoms with Gasteiger partial charge in [0.1, 0.15) is 13.2 Å². The van der Waals surface area contributed by atoms with Crippen molar-refractivity contribution in [2.24, 2.45) is 0 Å².